The fraction of sp³-hybridized carbons (Fsp3) is 0.600. The molecule has 1 aromatic heterocycles. The van der Waals surface area contributed by atoms with Gasteiger partial charge in [0.05, 0.1) is 11.8 Å². The molecule has 4 heteroatoms. The van der Waals surface area contributed by atoms with Crippen LogP contribution in [0.1, 0.15) is 23.2 Å². The molecule has 0 aliphatic carbocycles. The number of nitrogens with zero attached hydrogens (tertiary/aromatic N) is 2. The summed E-state index contributed by atoms with van der Waals surface area (Å²) < 4.78 is 1.67. The minimum Gasteiger partial charge on any atom is -0.317 e. The van der Waals surface area contributed by atoms with Gasteiger partial charge < -0.3 is 5.32 Å². The van der Waals surface area contributed by atoms with Crippen molar-refractivity contribution in [1.29, 1.82) is 0 Å². The molecule has 14 heavy (non-hydrogen) atoms. The van der Waals surface area contributed by atoms with E-state index in [0.717, 1.165) is 31.5 Å². The lowest BCUT2D eigenvalue weighted by molar-refractivity contribution is 0.0895. The van der Waals surface area contributed by atoms with E-state index in [1.807, 2.05) is 7.05 Å². The van der Waals surface area contributed by atoms with E-state index in [0.29, 0.717) is 0 Å². The van der Waals surface area contributed by atoms with Crippen molar-refractivity contribution in [3.05, 3.63) is 18.0 Å². The lowest BCUT2D eigenvalue weighted by Crippen LogP contribution is -2.31. The number of aromatic nitrogens is 2. The third-order valence-electron chi connectivity index (χ3n) is 2.70. The van der Waals surface area contributed by atoms with Crippen molar-refractivity contribution < 1.29 is 4.79 Å². The number of carbonyl (C=O) groups is 1. The van der Waals surface area contributed by atoms with Crippen LogP contribution < -0.4 is 5.32 Å². The van der Waals surface area contributed by atoms with Crippen LogP contribution >= 0.6 is 0 Å². The number of carbonyl (C=O) groups excluding carboxylic acids is 1. The molecular weight excluding hydrogens is 178 g/mol. The highest BCUT2D eigenvalue weighted by Crippen LogP contribution is 2.17. The van der Waals surface area contributed by atoms with Crippen LogP contribution in [0.2, 0.25) is 0 Å². The quantitative estimate of drug-likeness (QED) is 0.700. The summed E-state index contributed by atoms with van der Waals surface area (Å²) in [5, 5.41) is 7.27. The Morgan fingerprint density at radius 2 is 2.29 bits per heavy atom. The maximum Gasteiger partial charge on any atom is 0.169 e. The second kappa shape index (κ2) is 3.92. The van der Waals surface area contributed by atoms with Crippen LogP contribution in [0.4, 0.5) is 0 Å². The summed E-state index contributed by atoms with van der Waals surface area (Å²) in [6, 6.07) is 0. The summed E-state index contributed by atoms with van der Waals surface area (Å²) in [6.45, 7) is 1.91. The number of Topliss-reactive ketones (excluding diaryl/α,β-unsaturated/α-hetero) is 1. The Labute approximate surface area is 83.3 Å². The minimum atomic E-state index is 0.195. The van der Waals surface area contributed by atoms with Crippen LogP contribution in [0.3, 0.4) is 0 Å². The SMILES string of the molecule is Cn1cc(C(=O)C2CCNCC2)cn1. The van der Waals surface area contributed by atoms with Gasteiger partial charge in [-0.1, -0.05) is 0 Å². The van der Waals surface area contributed by atoms with Crippen LogP contribution in [0.25, 0.3) is 0 Å². The highest BCUT2D eigenvalue weighted by Gasteiger charge is 2.22. The number of hydrogen-bond donors (Lipinski definition) is 1. The standard InChI is InChI=1S/C10H15N3O/c1-13-7-9(6-12-13)10(14)8-2-4-11-5-3-8/h6-8,11H,2-5H2,1H3. The van der Waals surface area contributed by atoms with Crippen molar-refractivity contribution in [2.45, 2.75) is 12.8 Å². The Hall–Kier alpha value is -1.16. The number of rotatable bonds is 2. The number of piperidine rings is 1. The Kier molecular flexibility index (Phi) is 2.63. The Balaban J connectivity index is 2.07. The van der Waals surface area contributed by atoms with E-state index in [1.54, 1.807) is 17.1 Å². The maximum atomic E-state index is 11.9. The molecule has 2 rings (SSSR count). The molecule has 0 saturated carbocycles. The topological polar surface area (TPSA) is 46.9 Å². The molecule has 2 heterocycles. The predicted molar refractivity (Wildman–Crippen MR) is 53.1 cm³/mol. The van der Waals surface area contributed by atoms with Crippen molar-refractivity contribution >= 4 is 5.78 Å². The van der Waals surface area contributed by atoms with Gasteiger partial charge in [0, 0.05) is 19.2 Å². The van der Waals surface area contributed by atoms with E-state index in [-0.39, 0.29) is 11.7 Å². The summed E-state index contributed by atoms with van der Waals surface area (Å²) in [5.41, 5.74) is 0.749. The number of ketones is 1. The summed E-state index contributed by atoms with van der Waals surface area (Å²) in [6.07, 6.45) is 5.36. The molecule has 1 aromatic rings. The fourth-order valence-electron chi connectivity index (χ4n) is 1.87. The molecule has 0 spiro atoms. The summed E-state index contributed by atoms with van der Waals surface area (Å²) in [5.74, 6) is 0.444. The summed E-state index contributed by atoms with van der Waals surface area (Å²) in [4.78, 5) is 11.9. The number of aryl methyl sites for hydroxylation is 1. The second-order valence-corrected chi connectivity index (χ2v) is 3.79. The van der Waals surface area contributed by atoms with Crippen molar-refractivity contribution in [3.63, 3.8) is 0 Å². The van der Waals surface area contributed by atoms with Gasteiger partial charge in [0.2, 0.25) is 0 Å². The molecule has 0 bridgehead atoms. The normalized spacial score (nSPS) is 18.4. The van der Waals surface area contributed by atoms with Gasteiger partial charge in [0.25, 0.3) is 0 Å². The van der Waals surface area contributed by atoms with Crippen molar-refractivity contribution in [1.82, 2.24) is 15.1 Å². The molecule has 1 saturated heterocycles. The van der Waals surface area contributed by atoms with E-state index < -0.39 is 0 Å². The third-order valence-corrected chi connectivity index (χ3v) is 2.70. The van der Waals surface area contributed by atoms with E-state index in [2.05, 4.69) is 10.4 Å². The number of nitrogens with one attached hydrogen (secondary N) is 1. The van der Waals surface area contributed by atoms with E-state index in [4.69, 9.17) is 0 Å². The van der Waals surface area contributed by atoms with Gasteiger partial charge in [-0.3, -0.25) is 9.48 Å². The lowest BCUT2D eigenvalue weighted by atomic mass is 9.91. The smallest absolute Gasteiger partial charge is 0.169 e. The average molecular weight is 193 g/mol. The zero-order valence-corrected chi connectivity index (χ0v) is 8.36. The van der Waals surface area contributed by atoms with Gasteiger partial charge in [0.1, 0.15) is 0 Å². The van der Waals surface area contributed by atoms with Gasteiger partial charge in [-0.15, -0.1) is 0 Å². The molecule has 76 valence electrons. The van der Waals surface area contributed by atoms with Crippen LogP contribution in [0, 0.1) is 5.92 Å². The first kappa shape index (κ1) is 9.40. The molecule has 0 aromatic carbocycles. The zero-order valence-electron chi connectivity index (χ0n) is 8.36. The predicted octanol–water partition coefficient (Wildman–Crippen LogP) is 0.602. The van der Waals surface area contributed by atoms with Gasteiger partial charge in [0.15, 0.2) is 5.78 Å². The lowest BCUT2D eigenvalue weighted by Gasteiger charge is -2.20. The highest BCUT2D eigenvalue weighted by atomic mass is 16.1. The van der Waals surface area contributed by atoms with Gasteiger partial charge in [-0.25, -0.2) is 0 Å². The van der Waals surface area contributed by atoms with Crippen LogP contribution in [0.15, 0.2) is 12.4 Å². The van der Waals surface area contributed by atoms with Crippen LogP contribution in [0.5, 0.6) is 0 Å². The zero-order chi connectivity index (χ0) is 9.97. The average Bonchev–Trinajstić information content (AvgIpc) is 2.65. The first-order valence-electron chi connectivity index (χ1n) is 5.01. The fourth-order valence-corrected chi connectivity index (χ4v) is 1.87. The van der Waals surface area contributed by atoms with E-state index >= 15 is 0 Å². The van der Waals surface area contributed by atoms with Crippen molar-refractivity contribution in [2.75, 3.05) is 13.1 Å². The van der Waals surface area contributed by atoms with Gasteiger partial charge in [-0.2, -0.15) is 5.10 Å². The summed E-state index contributed by atoms with van der Waals surface area (Å²) in [7, 11) is 1.83. The van der Waals surface area contributed by atoms with Gasteiger partial charge >= 0.3 is 0 Å². The molecule has 4 nitrogen and oxygen atoms in total. The van der Waals surface area contributed by atoms with E-state index in [1.165, 1.54) is 0 Å². The largest absolute Gasteiger partial charge is 0.317 e. The number of hydrogen-bond acceptors (Lipinski definition) is 3. The van der Waals surface area contributed by atoms with Crippen molar-refractivity contribution in [2.24, 2.45) is 13.0 Å². The maximum absolute atomic E-state index is 11.9. The highest BCUT2D eigenvalue weighted by molar-refractivity contribution is 5.97. The molecule has 1 N–H and O–H groups in total. The molecule has 1 fully saturated rings. The first-order valence-corrected chi connectivity index (χ1v) is 5.01. The molecule has 1 aliphatic heterocycles. The molecule has 0 unspecified atom stereocenters. The molecule has 1 aliphatic rings. The molecular formula is C10H15N3O. The van der Waals surface area contributed by atoms with E-state index in [9.17, 15) is 4.79 Å². The molecule has 0 amide bonds. The minimum absolute atomic E-state index is 0.195. The Bertz CT molecular complexity index is 326. The third kappa shape index (κ3) is 1.85. The Morgan fingerprint density at radius 3 is 2.86 bits per heavy atom. The monoisotopic (exact) mass is 193 g/mol. The summed E-state index contributed by atoms with van der Waals surface area (Å²) >= 11 is 0. The molecule has 0 atom stereocenters. The Morgan fingerprint density at radius 1 is 1.57 bits per heavy atom. The van der Waals surface area contributed by atoms with Crippen molar-refractivity contribution in [3.8, 4) is 0 Å². The molecule has 0 radical (unpaired) electrons. The second-order valence-electron chi connectivity index (χ2n) is 3.79. The van der Waals surface area contributed by atoms with Crippen LogP contribution in [-0.4, -0.2) is 28.7 Å². The first-order chi connectivity index (χ1) is 6.77. The van der Waals surface area contributed by atoms with Crippen LogP contribution in [-0.2, 0) is 7.05 Å². The van der Waals surface area contributed by atoms with Gasteiger partial charge in [-0.05, 0) is 25.9 Å².